The Labute approximate surface area is 99.2 Å². The molecule has 0 spiro atoms. The molecule has 1 aliphatic carbocycles. The van der Waals surface area contributed by atoms with Crippen LogP contribution < -0.4 is 0 Å². The lowest BCUT2D eigenvalue weighted by Gasteiger charge is -2.34. The fourth-order valence-corrected chi connectivity index (χ4v) is 2.45. The summed E-state index contributed by atoms with van der Waals surface area (Å²) in [4.78, 5) is 13.7. The molecule has 2 rings (SSSR count). The monoisotopic (exact) mass is 249 g/mol. The summed E-state index contributed by atoms with van der Waals surface area (Å²) < 4.78 is 36.6. The first-order chi connectivity index (χ1) is 7.80. The number of hydrogen-bond donors (Lipinski definition) is 0. The number of alkyl halides is 3. The molecule has 1 aliphatic heterocycles. The maximum absolute atomic E-state index is 12.2. The van der Waals surface area contributed by atoms with Crippen molar-refractivity contribution in [2.24, 2.45) is 11.3 Å². The van der Waals surface area contributed by atoms with E-state index in [-0.39, 0.29) is 17.2 Å². The molecule has 2 aliphatic rings. The minimum Gasteiger partial charge on any atom is -0.342 e. The summed E-state index contributed by atoms with van der Waals surface area (Å²) >= 11 is 0. The minimum atomic E-state index is -4.07. The molecule has 0 aromatic rings. The van der Waals surface area contributed by atoms with Crippen LogP contribution in [0.3, 0.4) is 0 Å². The highest BCUT2D eigenvalue weighted by molar-refractivity contribution is 5.84. The van der Waals surface area contributed by atoms with E-state index >= 15 is 0 Å². The third-order valence-electron chi connectivity index (χ3n) is 3.94. The lowest BCUT2D eigenvalue weighted by molar-refractivity contribution is -0.150. The first-order valence-electron chi connectivity index (χ1n) is 6.16. The standard InChI is InChI=1S/C12H18F3NO/c1-11(4-5-11)10(17)16-6-2-9(3-7-16)8-12(13,14)15/h9H,2-8H2,1H3. The summed E-state index contributed by atoms with van der Waals surface area (Å²) in [6.45, 7) is 2.93. The predicted molar refractivity (Wildman–Crippen MR) is 57.3 cm³/mol. The highest BCUT2D eigenvalue weighted by atomic mass is 19.4. The Hall–Kier alpha value is -0.740. The summed E-state index contributed by atoms with van der Waals surface area (Å²) in [5, 5.41) is 0. The molecule has 0 radical (unpaired) electrons. The van der Waals surface area contributed by atoms with Gasteiger partial charge in [0.25, 0.3) is 0 Å². The van der Waals surface area contributed by atoms with Crippen LogP contribution in [0.2, 0.25) is 0 Å². The molecule has 0 aromatic carbocycles. The largest absolute Gasteiger partial charge is 0.389 e. The van der Waals surface area contributed by atoms with E-state index in [1.807, 2.05) is 6.92 Å². The van der Waals surface area contributed by atoms with Gasteiger partial charge in [0.2, 0.25) is 5.91 Å². The van der Waals surface area contributed by atoms with Crippen molar-refractivity contribution in [3.05, 3.63) is 0 Å². The van der Waals surface area contributed by atoms with Crippen molar-refractivity contribution < 1.29 is 18.0 Å². The van der Waals surface area contributed by atoms with Gasteiger partial charge in [-0.3, -0.25) is 4.79 Å². The van der Waals surface area contributed by atoms with E-state index < -0.39 is 12.6 Å². The van der Waals surface area contributed by atoms with Crippen LogP contribution in [0.4, 0.5) is 13.2 Å². The number of amides is 1. The molecule has 98 valence electrons. The number of carbonyl (C=O) groups excluding carboxylic acids is 1. The van der Waals surface area contributed by atoms with Crippen LogP contribution in [0.15, 0.2) is 0 Å². The van der Waals surface area contributed by atoms with Crippen LogP contribution in [-0.2, 0) is 4.79 Å². The van der Waals surface area contributed by atoms with E-state index in [0.29, 0.717) is 25.9 Å². The maximum Gasteiger partial charge on any atom is 0.389 e. The van der Waals surface area contributed by atoms with Gasteiger partial charge >= 0.3 is 6.18 Å². The molecule has 2 fully saturated rings. The lowest BCUT2D eigenvalue weighted by Crippen LogP contribution is -2.42. The second kappa shape index (κ2) is 4.18. The number of carbonyl (C=O) groups is 1. The van der Waals surface area contributed by atoms with Gasteiger partial charge in [-0.2, -0.15) is 13.2 Å². The molecule has 2 nitrogen and oxygen atoms in total. The highest BCUT2D eigenvalue weighted by Crippen LogP contribution is 2.47. The van der Waals surface area contributed by atoms with Gasteiger partial charge in [-0.05, 0) is 31.6 Å². The topological polar surface area (TPSA) is 20.3 Å². The van der Waals surface area contributed by atoms with Crippen LogP contribution in [0, 0.1) is 11.3 Å². The zero-order chi connectivity index (χ0) is 12.7. The second-order valence-corrected chi connectivity index (χ2v) is 5.62. The maximum atomic E-state index is 12.2. The number of likely N-dealkylation sites (tertiary alicyclic amines) is 1. The summed E-state index contributed by atoms with van der Waals surface area (Å²) in [7, 11) is 0. The fraction of sp³-hybridized carbons (Fsp3) is 0.917. The molecule has 0 bridgehead atoms. The smallest absolute Gasteiger partial charge is 0.342 e. The third kappa shape index (κ3) is 3.13. The molecular weight excluding hydrogens is 231 g/mol. The van der Waals surface area contributed by atoms with Gasteiger partial charge in [0, 0.05) is 24.9 Å². The molecule has 0 N–H and O–H groups in total. The Morgan fingerprint density at radius 3 is 2.24 bits per heavy atom. The summed E-state index contributed by atoms with van der Waals surface area (Å²) in [6, 6.07) is 0. The van der Waals surface area contributed by atoms with Crippen molar-refractivity contribution in [1.82, 2.24) is 4.90 Å². The van der Waals surface area contributed by atoms with E-state index in [9.17, 15) is 18.0 Å². The van der Waals surface area contributed by atoms with Crippen molar-refractivity contribution in [3.8, 4) is 0 Å². The summed E-state index contributed by atoms with van der Waals surface area (Å²) in [6.07, 6.45) is -1.95. The van der Waals surface area contributed by atoms with E-state index in [2.05, 4.69) is 0 Å². The number of piperidine rings is 1. The van der Waals surface area contributed by atoms with E-state index in [1.54, 1.807) is 4.90 Å². The summed E-state index contributed by atoms with van der Waals surface area (Å²) in [5.41, 5.74) is -0.198. The normalized spacial score (nSPS) is 24.8. The molecule has 0 unspecified atom stereocenters. The molecule has 1 saturated carbocycles. The van der Waals surface area contributed by atoms with Gasteiger partial charge in [0.1, 0.15) is 0 Å². The molecule has 0 aromatic heterocycles. The third-order valence-corrected chi connectivity index (χ3v) is 3.94. The number of nitrogens with zero attached hydrogens (tertiary/aromatic N) is 1. The molecule has 1 heterocycles. The second-order valence-electron chi connectivity index (χ2n) is 5.62. The van der Waals surface area contributed by atoms with Gasteiger partial charge in [-0.15, -0.1) is 0 Å². The molecule has 0 atom stereocenters. The van der Waals surface area contributed by atoms with E-state index in [4.69, 9.17) is 0 Å². The fourth-order valence-electron chi connectivity index (χ4n) is 2.45. The van der Waals surface area contributed by atoms with Crippen LogP contribution in [0.5, 0.6) is 0 Å². The van der Waals surface area contributed by atoms with E-state index in [1.165, 1.54) is 0 Å². The average molecular weight is 249 g/mol. The Bertz CT molecular complexity index is 301. The first-order valence-corrected chi connectivity index (χ1v) is 6.16. The van der Waals surface area contributed by atoms with Gasteiger partial charge in [-0.25, -0.2) is 0 Å². The SMILES string of the molecule is CC1(C(=O)N2CCC(CC(F)(F)F)CC2)CC1. The van der Waals surface area contributed by atoms with Crippen molar-refractivity contribution in [2.75, 3.05) is 13.1 Å². The number of hydrogen-bond acceptors (Lipinski definition) is 1. The highest BCUT2D eigenvalue weighted by Gasteiger charge is 2.47. The number of rotatable bonds is 2. The number of halogens is 3. The molecule has 17 heavy (non-hydrogen) atoms. The van der Waals surface area contributed by atoms with Crippen LogP contribution in [-0.4, -0.2) is 30.1 Å². The first kappa shape index (κ1) is 12.7. The molecule has 1 saturated heterocycles. The van der Waals surface area contributed by atoms with Gasteiger partial charge in [-0.1, -0.05) is 6.92 Å². The van der Waals surface area contributed by atoms with Crippen molar-refractivity contribution in [3.63, 3.8) is 0 Å². The predicted octanol–water partition coefficient (Wildman–Crippen LogP) is 2.98. The van der Waals surface area contributed by atoms with Crippen LogP contribution in [0.25, 0.3) is 0 Å². The van der Waals surface area contributed by atoms with Crippen LogP contribution >= 0.6 is 0 Å². The van der Waals surface area contributed by atoms with E-state index in [0.717, 1.165) is 12.8 Å². The van der Waals surface area contributed by atoms with Gasteiger partial charge in [0.05, 0.1) is 0 Å². The Morgan fingerprint density at radius 2 is 1.82 bits per heavy atom. The Morgan fingerprint density at radius 1 is 1.29 bits per heavy atom. The van der Waals surface area contributed by atoms with Crippen molar-refractivity contribution in [1.29, 1.82) is 0 Å². The van der Waals surface area contributed by atoms with Crippen molar-refractivity contribution >= 4 is 5.91 Å². The Kier molecular flexibility index (Phi) is 3.12. The molecule has 5 heteroatoms. The van der Waals surface area contributed by atoms with Crippen LogP contribution in [0.1, 0.15) is 39.0 Å². The molecular formula is C12H18F3NO. The minimum absolute atomic E-state index is 0.142. The summed E-state index contributed by atoms with van der Waals surface area (Å²) in [5.74, 6) is -0.158. The van der Waals surface area contributed by atoms with Gasteiger partial charge < -0.3 is 4.90 Å². The average Bonchev–Trinajstić information content (AvgIpc) is 2.96. The lowest BCUT2D eigenvalue weighted by atomic mass is 9.92. The Balaban J connectivity index is 1.80. The molecule has 1 amide bonds. The van der Waals surface area contributed by atoms with Gasteiger partial charge in [0.15, 0.2) is 0 Å². The zero-order valence-corrected chi connectivity index (χ0v) is 10.0. The zero-order valence-electron chi connectivity index (χ0n) is 10.0. The quantitative estimate of drug-likeness (QED) is 0.736. The van der Waals surface area contributed by atoms with Crippen molar-refractivity contribution in [2.45, 2.75) is 45.2 Å².